The van der Waals surface area contributed by atoms with Crippen molar-refractivity contribution in [2.75, 3.05) is 47.5 Å². The summed E-state index contributed by atoms with van der Waals surface area (Å²) in [6.07, 6.45) is 69.7. The number of aliphatic carboxylic acids is 1. The molecule has 77 heavy (non-hydrogen) atoms. The summed E-state index contributed by atoms with van der Waals surface area (Å²) in [6.45, 7) is 4.80. The Morgan fingerprint density at radius 2 is 0.701 bits per heavy atom. The normalized spacial score (nSPS) is 12.8. The SMILES string of the molecule is CCCCCCC/C=C\C/C=C\CCCCCCCCCCCCCC(=O)OC(COC(=O)CCCCCCCCCCCCCCCCCCCCCCCCCCCCCCC)COC(OCC[N+](C)(C)C)C(=O)[O-]. The Bertz CT molecular complexity index is 1310. The van der Waals surface area contributed by atoms with Gasteiger partial charge in [-0.05, 0) is 44.9 Å². The number of ether oxygens (including phenoxy) is 4. The van der Waals surface area contributed by atoms with Gasteiger partial charge in [-0.25, -0.2) is 0 Å². The van der Waals surface area contributed by atoms with Gasteiger partial charge < -0.3 is 33.3 Å². The summed E-state index contributed by atoms with van der Waals surface area (Å²) in [5.41, 5.74) is 0. The molecule has 0 radical (unpaired) electrons. The van der Waals surface area contributed by atoms with Crippen molar-refractivity contribution in [1.29, 1.82) is 0 Å². The summed E-state index contributed by atoms with van der Waals surface area (Å²) in [4.78, 5) is 37.4. The van der Waals surface area contributed by atoms with E-state index in [2.05, 4.69) is 38.2 Å². The van der Waals surface area contributed by atoms with E-state index in [0.717, 1.165) is 44.9 Å². The molecular weight excluding hydrogens is 959 g/mol. The quantitative estimate of drug-likeness (QED) is 0.0195. The number of carbonyl (C=O) groups is 3. The van der Waals surface area contributed by atoms with Crippen LogP contribution in [0.3, 0.4) is 0 Å². The Morgan fingerprint density at radius 1 is 0.390 bits per heavy atom. The Balaban J connectivity index is 4.09. The lowest BCUT2D eigenvalue weighted by atomic mass is 10.0. The highest BCUT2D eigenvalue weighted by Gasteiger charge is 2.22. The van der Waals surface area contributed by atoms with E-state index < -0.39 is 24.3 Å². The zero-order chi connectivity index (χ0) is 56.2. The molecule has 0 saturated heterocycles. The van der Waals surface area contributed by atoms with Crippen LogP contribution in [-0.2, 0) is 33.3 Å². The maximum atomic E-state index is 12.9. The van der Waals surface area contributed by atoms with E-state index in [1.165, 1.54) is 257 Å². The molecule has 0 aromatic heterocycles. The Morgan fingerprint density at radius 3 is 1.03 bits per heavy atom. The van der Waals surface area contributed by atoms with Crippen LogP contribution >= 0.6 is 0 Å². The number of carbonyl (C=O) groups excluding carboxylic acids is 3. The number of nitrogens with zero attached hydrogens (tertiary/aromatic N) is 1. The number of allylic oxidation sites excluding steroid dienone is 4. The summed E-state index contributed by atoms with van der Waals surface area (Å²) in [7, 11) is 5.94. The zero-order valence-corrected chi connectivity index (χ0v) is 51.9. The molecule has 0 rings (SSSR count). The largest absolute Gasteiger partial charge is 0.545 e. The van der Waals surface area contributed by atoms with E-state index >= 15 is 0 Å². The van der Waals surface area contributed by atoms with Crippen molar-refractivity contribution in [3.63, 3.8) is 0 Å². The molecule has 0 N–H and O–H groups in total. The zero-order valence-electron chi connectivity index (χ0n) is 51.9. The van der Waals surface area contributed by atoms with Gasteiger partial charge in [0.2, 0.25) is 0 Å². The third kappa shape index (κ3) is 61.2. The van der Waals surface area contributed by atoms with Crippen LogP contribution in [0, 0.1) is 0 Å². The van der Waals surface area contributed by atoms with E-state index in [9.17, 15) is 19.5 Å². The van der Waals surface area contributed by atoms with Gasteiger partial charge in [-0.1, -0.05) is 301 Å². The molecular formula is C68H129NO8. The number of rotatable bonds is 63. The number of esters is 2. The van der Waals surface area contributed by atoms with Crippen LogP contribution in [0.2, 0.25) is 0 Å². The highest BCUT2D eigenvalue weighted by atomic mass is 16.7. The minimum absolute atomic E-state index is 0.150. The van der Waals surface area contributed by atoms with Crippen molar-refractivity contribution in [3.05, 3.63) is 24.3 Å². The smallest absolute Gasteiger partial charge is 0.306 e. The van der Waals surface area contributed by atoms with Gasteiger partial charge in [-0.3, -0.25) is 9.59 Å². The summed E-state index contributed by atoms with van der Waals surface area (Å²) in [5, 5.41) is 11.8. The van der Waals surface area contributed by atoms with E-state index in [4.69, 9.17) is 18.9 Å². The van der Waals surface area contributed by atoms with E-state index in [1.807, 2.05) is 21.1 Å². The average Bonchev–Trinajstić information content (AvgIpc) is 3.40. The molecule has 0 amide bonds. The lowest BCUT2D eigenvalue weighted by Gasteiger charge is -2.26. The number of quaternary nitrogens is 1. The molecule has 0 spiro atoms. The molecule has 0 aromatic carbocycles. The van der Waals surface area contributed by atoms with Crippen LogP contribution in [-0.4, -0.2) is 82.3 Å². The molecule has 0 aliphatic carbocycles. The maximum absolute atomic E-state index is 12.9. The third-order valence-electron chi connectivity index (χ3n) is 15.2. The highest BCUT2D eigenvalue weighted by molar-refractivity contribution is 5.70. The first-order chi connectivity index (χ1) is 37.6. The predicted octanol–water partition coefficient (Wildman–Crippen LogP) is 18.9. The first-order valence-electron chi connectivity index (χ1n) is 33.5. The fourth-order valence-corrected chi connectivity index (χ4v) is 10.0. The van der Waals surface area contributed by atoms with Crippen LogP contribution in [0.25, 0.3) is 0 Å². The van der Waals surface area contributed by atoms with Crippen molar-refractivity contribution >= 4 is 17.9 Å². The molecule has 0 heterocycles. The molecule has 0 aliphatic heterocycles. The minimum Gasteiger partial charge on any atom is -0.545 e. The first-order valence-corrected chi connectivity index (χ1v) is 33.5. The van der Waals surface area contributed by atoms with Crippen LogP contribution in [0.1, 0.15) is 335 Å². The Kier molecular flexibility index (Phi) is 58.1. The van der Waals surface area contributed by atoms with E-state index in [-0.39, 0.29) is 32.2 Å². The number of carboxylic acids is 1. The number of hydrogen-bond donors (Lipinski definition) is 0. The highest BCUT2D eigenvalue weighted by Crippen LogP contribution is 2.18. The molecule has 0 aliphatic rings. The maximum Gasteiger partial charge on any atom is 0.306 e. The Labute approximate surface area is 478 Å². The van der Waals surface area contributed by atoms with Crippen LogP contribution < -0.4 is 5.11 Å². The lowest BCUT2D eigenvalue weighted by Crippen LogP contribution is -2.44. The van der Waals surface area contributed by atoms with Crippen molar-refractivity contribution < 1.29 is 42.9 Å². The summed E-state index contributed by atoms with van der Waals surface area (Å²) < 4.78 is 22.8. The van der Waals surface area contributed by atoms with Gasteiger partial charge in [0.05, 0.1) is 40.3 Å². The van der Waals surface area contributed by atoms with Gasteiger partial charge in [-0.2, -0.15) is 0 Å². The fourth-order valence-electron chi connectivity index (χ4n) is 10.0. The van der Waals surface area contributed by atoms with Gasteiger partial charge in [0.15, 0.2) is 12.4 Å². The standard InChI is InChI=1S/C68H129NO8/c1-6-8-10-12-14-16-18-20-22-24-26-28-30-31-32-33-34-35-37-38-40-42-44-46-48-50-52-54-56-58-65(70)75-62-64(63-76-68(67(72)73)74-61-60-69(3,4)5)77-66(71)59-57-55-53-51-49-47-45-43-41-39-36-29-27-25-23-21-19-17-15-13-11-9-7-2/h19,21,25,27,64,68H,6-18,20,22-24,26,28-63H2,1-5H3/b21-19-,27-25-. The summed E-state index contributed by atoms with van der Waals surface area (Å²) in [6, 6.07) is 0. The predicted molar refractivity (Wildman–Crippen MR) is 325 cm³/mol. The topological polar surface area (TPSA) is 111 Å². The number of carboxylic acid groups (broad SMARTS) is 1. The number of hydrogen-bond acceptors (Lipinski definition) is 8. The van der Waals surface area contributed by atoms with Crippen molar-refractivity contribution in [2.24, 2.45) is 0 Å². The third-order valence-corrected chi connectivity index (χ3v) is 15.2. The second-order valence-corrected chi connectivity index (χ2v) is 24.1. The van der Waals surface area contributed by atoms with E-state index in [0.29, 0.717) is 23.9 Å². The van der Waals surface area contributed by atoms with Crippen molar-refractivity contribution in [3.8, 4) is 0 Å². The van der Waals surface area contributed by atoms with Crippen LogP contribution in [0.4, 0.5) is 0 Å². The van der Waals surface area contributed by atoms with Crippen molar-refractivity contribution in [2.45, 2.75) is 347 Å². The number of likely N-dealkylation sites (N-methyl/N-ethyl adjacent to an activating group) is 1. The fraction of sp³-hybridized carbons (Fsp3) is 0.897. The van der Waals surface area contributed by atoms with Crippen LogP contribution in [0.15, 0.2) is 24.3 Å². The molecule has 0 fully saturated rings. The second kappa shape index (κ2) is 59.9. The lowest BCUT2D eigenvalue weighted by molar-refractivity contribution is -0.870. The first kappa shape index (κ1) is 74.8. The van der Waals surface area contributed by atoms with Gasteiger partial charge >= 0.3 is 11.9 Å². The Hall–Kier alpha value is -2.23. The van der Waals surface area contributed by atoms with Gasteiger partial charge in [-0.15, -0.1) is 0 Å². The van der Waals surface area contributed by atoms with Gasteiger partial charge in [0.1, 0.15) is 13.2 Å². The van der Waals surface area contributed by atoms with Crippen molar-refractivity contribution in [1.82, 2.24) is 0 Å². The summed E-state index contributed by atoms with van der Waals surface area (Å²) >= 11 is 0. The molecule has 2 atom stereocenters. The average molecular weight is 1090 g/mol. The van der Waals surface area contributed by atoms with E-state index in [1.54, 1.807) is 0 Å². The molecule has 454 valence electrons. The monoisotopic (exact) mass is 1090 g/mol. The minimum atomic E-state index is -1.62. The van der Waals surface area contributed by atoms with Gasteiger partial charge in [0, 0.05) is 12.8 Å². The van der Waals surface area contributed by atoms with Crippen LogP contribution in [0.5, 0.6) is 0 Å². The van der Waals surface area contributed by atoms with Gasteiger partial charge in [0.25, 0.3) is 0 Å². The molecule has 0 bridgehead atoms. The number of unbranched alkanes of at least 4 members (excludes halogenated alkanes) is 44. The molecule has 0 aromatic rings. The molecule has 0 saturated carbocycles. The molecule has 9 nitrogen and oxygen atoms in total. The summed E-state index contributed by atoms with van der Waals surface area (Å²) in [5.74, 6) is -2.26. The molecule has 9 heteroatoms. The molecule has 2 unspecified atom stereocenters. The second-order valence-electron chi connectivity index (χ2n) is 24.1.